The Labute approximate surface area is 273 Å². The first kappa shape index (κ1) is 30.7. The lowest BCUT2D eigenvalue weighted by molar-refractivity contribution is -0.144. The molecule has 2 fully saturated rings. The summed E-state index contributed by atoms with van der Waals surface area (Å²) >= 11 is 0. The molecule has 3 amide bonds. The number of aliphatic hydroxyl groups is 1. The van der Waals surface area contributed by atoms with E-state index in [0.29, 0.717) is 41.6 Å². The van der Waals surface area contributed by atoms with Gasteiger partial charge in [-0.05, 0) is 61.0 Å². The quantitative estimate of drug-likeness (QED) is 0.374. The molecule has 0 aliphatic carbocycles. The minimum absolute atomic E-state index is 0.230. The Kier molecular flexibility index (Phi) is 8.07. The molecule has 0 radical (unpaired) electrons. The molecule has 1 spiro atoms. The molecule has 4 aliphatic heterocycles. The van der Waals surface area contributed by atoms with Crippen LogP contribution in [0.3, 0.4) is 0 Å². The summed E-state index contributed by atoms with van der Waals surface area (Å²) in [5.41, 5.74) is 0.516. The lowest BCUT2D eigenvalue weighted by Crippen LogP contribution is -2.56. The standard InChI is InChI=1S/C37H37N3O7/c1-3-46-28-18-14-25(15-19-28)38-21-7-11-30-31(34(38)42)32-35(43)40(29(23-41)24-9-5-4-6-10-24)33-36(44)39(22-8-20-37(32,33)47-30)26-12-16-27(45-2)17-13-26/h4-20,29-33,41H,3,21-23H2,1-2H3/t29-,30-,31+,32+,33?,37+/m1/s1. The zero-order valence-corrected chi connectivity index (χ0v) is 26.3. The highest BCUT2D eigenvalue weighted by Gasteiger charge is 2.72. The molecule has 3 aromatic rings. The first-order chi connectivity index (χ1) is 22.9. The van der Waals surface area contributed by atoms with Gasteiger partial charge in [0.1, 0.15) is 23.1 Å². The largest absolute Gasteiger partial charge is 0.497 e. The third-order valence-corrected chi connectivity index (χ3v) is 9.63. The summed E-state index contributed by atoms with van der Waals surface area (Å²) < 4.78 is 17.7. The van der Waals surface area contributed by atoms with Crippen LogP contribution < -0.4 is 19.3 Å². The van der Waals surface area contributed by atoms with Crippen LogP contribution in [-0.4, -0.2) is 78.9 Å². The van der Waals surface area contributed by atoms with Crippen molar-refractivity contribution in [3.8, 4) is 11.5 Å². The van der Waals surface area contributed by atoms with Crippen LogP contribution in [0, 0.1) is 11.8 Å². The molecule has 1 unspecified atom stereocenters. The van der Waals surface area contributed by atoms with E-state index in [2.05, 4.69) is 0 Å². The topological polar surface area (TPSA) is 109 Å². The van der Waals surface area contributed by atoms with Crippen LogP contribution in [0.2, 0.25) is 0 Å². The molecular weight excluding hydrogens is 598 g/mol. The highest BCUT2D eigenvalue weighted by atomic mass is 16.5. The Hall–Kier alpha value is -4.93. The fraction of sp³-hybridized carbons (Fsp3) is 0.324. The third kappa shape index (κ3) is 4.99. The van der Waals surface area contributed by atoms with Crippen molar-refractivity contribution in [1.29, 1.82) is 0 Å². The minimum Gasteiger partial charge on any atom is -0.497 e. The van der Waals surface area contributed by atoms with Gasteiger partial charge >= 0.3 is 0 Å². The van der Waals surface area contributed by atoms with Crippen molar-refractivity contribution >= 4 is 29.1 Å². The Bertz CT molecular complexity index is 1710. The molecule has 10 nitrogen and oxygen atoms in total. The van der Waals surface area contributed by atoms with Crippen molar-refractivity contribution in [2.45, 2.75) is 30.7 Å². The van der Waals surface area contributed by atoms with E-state index >= 15 is 0 Å². The summed E-state index contributed by atoms with van der Waals surface area (Å²) in [4.78, 5) is 49.0. The lowest BCUT2D eigenvalue weighted by atomic mass is 9.77. The van der Waals surface area contributed by atoms with Gasteiger partial charge in [-0.2, -0.15) is 0 Å². The SMILES string of the molecule is CCOc1ccc(N2CC=C[C@H]3O[C@]45C=CCN(c6ccc(OC)cc6)C(=O)C4N([C@H](CO)c4ccccc4)C(=O)[C@@H]5[C@H]3C2=O)cc1. The Morgan fingerprint density at radius 2 is 1.49 bits per heavy atom. The highest BCUT2D eigenvalue weighted by Crippen LogP contribution is 2.55. The number of hydrogen-bond acceptors (Lipinski definition) is 7. The average Bonchev–Trinajstić information content (AvgIpc) is 3.41. The Morgan fingerprint density at radius 3 is 2.13 bits per heavy atom. The fourth-order valence-electron chi connectivity index (χ4n) is 7.56. The number of carbonyl (C=O) groups excluding carboxylic acids is 3. The van der Waals surface area contributed by atoms with Crippen molar-refractivity contribution in [2.24, 2.45) is 11.8 Å². The van der Waals surface area contributed by atoms with E-state index in [0.717, 1.165) is 0 Å². The van der Waals surface area contributed by atoms with Crippen molar-refractivity contribution in [1.82, 2.24) is 4.90 Å². The zero-order chi connectivity index (χ0) is 32.7. The second-order valence-electron chi connectivity index (χ2n) is 12.0. The van der Waals surface area contributed by atoms with Crippen molar-refractivity contribution in [2.75, 3.05) is 43.2 Å². The monoisotopic (exact) mass is 635 g/mol. The van der Waals surface area contributed by atoms with Crippen molar-refractivity contribution < 1.29 is 33.7 Å². The van der Waals surface area contributed by atoms with Gasteiger partial charge in [0.15, 0.2) is 0 Å². The Balaban J connectivity index is 1.33. The number of nitrogens with zero attached hydrogens (tertiary/aromatic N) is 3. The predicted molar refractivity (Wildman–Crippen MR) is 175 cm³/mol. The maximum absolute atomic E-state index is 14.9. The summed E-state index contributed by atoms with van der Waals surface area (Å²) in [6, 6.07) is 21.6. The van der Waals surface area contributed by atoms with E-state index in [4.69, 9.17) is 14.2 Å². The number of benzene rings is 3. The number of aliphatic hydroxyl groups excluding tert-OH is 1. The molecule has 4 heterocycles. The highest BCUT2D eigenvalue weighted by molar-refractivity contribution is 6.07. The molecule has 2 saturated heterocycles. The van der Waals surface area contributed by atoms with Gasteiger partial charge in [0, 0.05) is 24.5 Å². The summed E-state index contributed by atoms with van der Waals surface area (Å²) in [6.45, 7) is 2.54. The average molecular weight is 636 g/mol. The van der Waals surface area contributed by atoms with Crippen LogP contribution in [0.25, 0.3) is 0 Å². The molecule has 47 heavy (non-hydrogen) atoms. The first-order valence-electron chi connectivity index (χ1n) is 15.9. The second-order valence-corrected chi connectivity index (χ2v) is 12.0. The first-order valence-corrected chi connectivity index (χ1v) is 15.9. The smallest absolute Gasteiger partial charge is 0.253 e. The van der Waals surface area contributed by atoms with Crippen LogP contribution in [0.5, 0.6) is 11.5 Å². The molecule has 0 bridgehead atoms. The van der Waals surface area contributed by atoms with Crippen LogP contribution >= 0.6 is 0 Å². The predicted octanol–water partition coefficient (Wildman–Crippen LogP) is 3.91. The van der Waals surface area contributed by atoms with E-state index in [-0.39, 0.29) is 18.4 Å². The number of likely N-dealkylation sites (tertiary alicyclic amines) is 1. The van der Waals surface area contributed by atoms with Gasteiger partial charge in [-0.1, -0.05) is 54.6 Å². The normalized spacial score (nSPS) is 27.2. The second kappa shape index (κ2) is 12.4. The number of carbonyl (C=O) groups is 3. The molecule has 6 atom stereocenters. The van der Waals surface area contributed by atoms with Gasteiger partial charge in [-0.15, -0.1) is 0 Å². The molecule has 7 rings (SSSR count). The zero-order valence-electron chi connectivity index (χ0n) is 26.3. The number of rotatable bonds is 8. The summed E-state index contributed by atoms with van der Waals surface area (Å²) in [5.74, 6) is -1.60. The third-order valence-electron chi connectivity index (χ3n) is 9.63. The summed E-state index contributed by atoms with van der Waals surface area (Å²) in [7, 11) is 1.57. The van der Waals surface area contributed by atoms with E-state index in [1.807, 2.05) is 79.7 Å². The van der Waals surface area contributed by atoms with Crippen LogP contribution in [0.15, 0.2) is 103 Å². The van der Waals surface area contributed by atoms with Crippen LogP contribution in [0.4, 0.5) is 11.4 Å². The summed E-state index contributed by atoms with van der Waals surface area (Å²) in [6.07, 6.45) is 6.62. The van der Waals surface area contributed by atoms with E-state index in [1.165, 1.54) is 4.90 Å². The van der Waals surface area contributed by atoms with E-state index in [1.54, 1.807) is 47.3 Å². The maximum atomic E-state index is 14.9. The number of ether oxygens (including phenoxy) is 3. The Morgan fingerprint density at radius 1 is 0.851 bits per heavy atom. The van der Waals surface area contributed by atoms with Gasteiger partial charge in [-0.3, -0.25) is 14.4 Å². The van der Waals surface area contributed by atoms with Gasteiger partial charge in [-0.25, -0.2) is 0 Å². The van der Waals surface area contributed by atoms with E-state index in [9.17, 15) is 19.5 Å². The van der Waals surface area contributed by atoms with Gasteiger partial charge < -0.3 is 34.0 Å². The number of hydrogen-bond donors (Lipinski definition) is 1. The number of amides is 3. The molecule has 242 valence electrons. The van der Waals surface area contributed by atoms with Crippen molar-refractivity contribution in [3.05, 3.63) is 109 Å². The number of fused-ring (bicyclic) bond motifs is 2. The molecule has 10 heteroatoms. The van der Waals surface area contributed by atoms with E-state index < -0.39 is 48.1 Å². The maximum Gasteiger partial charge on any atom is 0.253 e. The number of anilines is 2. The molecule has 1 N–H and O–H groups in total. The van der Waals surface area contributed by atoms with Crippen LogP contribution in [-0.2, 0) is 19.1 Å². The fourth-order valence-corrected chi connectivity index (χ4v) is 7.56. The van der Waals surface area contributed by atoms with Crippen molar-refractivity contribution in [3.63, 3.8) is 0 Å². The van der Waals surface area contributed by atoms with Gasteiger partial charge in [0.05, 0.1) is 44.3 Å². The van der Waals surface area contributed by atoms with Crippen LogP contribution in [0.1, 0.15) is 18.5 Å². The van der Waals surface area contributed by atoms with Gasteiger partial charge in [0.2, 0.25) is 11.8 Å². The molecule has 0 aromatic heterocycles. The molecule has 0 saturated carbocycles. The number of methoxy groups -OCH3 is 1. The molecule has 3 aromatic carbocycles. The van der Waals surface area contributed by atoms with Gasteiger partial charge in [0.25, 0.3) is 5.91 Å². The lowest BCUT2D eigenvalue weighted by Gasteiger charge is -2.38. The molecule has 4 aliphatic rings. The summed E-state index contributed by atoms with van der Waals surface area (Å²) in [5, 5.41) is 10.8. The molecular formula is C37H37N3O7. The minimum atomic E-state index is -1.45.